The zero-order chi connectivity index (χ0) is 14.9. The van der Waals surface area contributed by atoms with Crippen molar-refractivity contribution in [3.63, 3.8) is 0 Å². The van der Waals surface area contributed by atoms with Gasteiger partial charge in [-0.25, -0.2) is 17.5 Å². The Morgan fingerprint density at radius 1 is 1.55 bits per heavy atom. The van der Waals surface area contributed by atoms with Crippen LogP contribution >= 0.6 is 0 Å². The van der Waals surface area contributed by atoms with Gasteiger partial charge in [0.15, 0.2) is 11.6 Å². The van der Waals surface area contributed by atoms with Gasteiger partial charge in [0.25, 0.3) is 0 Å². The average molecular weight is 302 g/mol. The Hall–Kier alpha value is -1.18. The van der Waals surface area contributed by atoms with Crippen molar-refractivity contribution in [2.45, 2.75) is 31.8 Å². The number of hydrogen-bond acceptors (Lipinski definition) is 4. The molecule has 1 aromatic carbocycles. The van der Waals surface area contributed by atoms with Crippen molar-refractivity contribution in [1.82, 2.24) is 4.72 Å². The summed E-state index contributed by atoms with van der Waals surface area (Å²) in [7, 11) is -3.38. The summed E-state index contributed by atoms with van der Waals surface area (Å²) in [4.78, 5) is 0. The molecular weight excluding hydrogens is 283 g/mol. The third-order valence-electron chi connectivity index (χ3n) is 3.35. The van der Waals surface area contributed by atoms with Crippen molar-refractivity contribution in [2.75, 3.05) is 12.9 Å². The lowest BCUT2D eigenvalue weighted by atomic mass is 9.95. The Morgan fingerprint density at radius 2 is 2.25 bits per heavy atom. The van der Waals surface area contributed by atoms with Crippen LogP contribution in [0, 0.1) is 5.82 Å². The second-order valence-electron chi connectivity index (χ2n) is 5.02. The number of nitrogens with one attached hydrogen (secondary N) is 1. The highest BCUT2D eigenvalue weighted by molar-refractivity contribution is 7.88. The van der Waals surface area contributed by atoms with E-state index in [4.69, 9.17) is 10.5 Å². The van der Waals surface area contributed by atoms with Crippen LogP contribution in [0.25, 0.3) is 0 Å². The van der Waals surface area contributed by atoms with Crippen LogP contribution in [-0.2, 0) is 10.0 Å². The molecule has 0 fully saturated rings. The van der Waals surface area contributed by atoms with E-state index in [2.05, 4.69) is 4.72 Å². The molecular formula is C13H19FN2O3S. The van der Waals surface area contributed by atoms with Gasteiger partial charge in [0.05, 0.1) is 18.9 Å². The molecule has 0 spiro atoms. The van der Waals surface area contributed by atoms with Gasteiger partial charge in [-0.15, -0.1) is 0 Å². The summed E-state index contributed by atoms with van der Waals surface area (Å²) in [6.07, 6.45) is 2.22. The Morgan fingerprint density at radius 3 is 2.85 bits per heavy atom. The van der Waals surface area contributed by atoms with Crippen molar-refractivity contribution in [1.29, 1.82) is 0 Å². The third kappa shape index (κ3) is 3.28. The van der Waals surface area contributed by atoms with Crippen molar-refractivity contribution in [3.05, 3.63) is 29.1 Å². The Labute approximate surface area is 118 Å². The van der Waals surface area contributed by atoms with Gasteiger partial charge in [-0.2, -0.15) is 0 Å². The van der Waals surface area contributed by atoms with E-state index in [1.165, 1.54) is 6.07 Å². The fraction of sp³-hybridized carbons (Fsp3) is 0.538. The molecule has 20 heavy (non-hydrogen) atoms. The Kier molecular flexibility index (Phi) is 4.31. The van der Waals surface area contributed by atoms with E-state index in [0.29, 0.717) is 24.0 Å². The van der Waals surface area contributed by atoms with Gasteiger partial charge in [0.2, 0.25) is 10.0 Å². The summed E-state index contributed by atoms with van der Waals surface area (Å²) in [6.45, 7) is 2.18. The monoisotopic (exact) mass is 302 g/mol. The number of rotatable bonds is 4. The zero-order valence-electron chi connectivity index (χ0n) is 11.5. The van der Waals surface area contributed by atoms with Crippen LogP contribution in [0.4, 0.5) is 4.39 Å². The van der Waals surface area contributed by atoms with E-state index in [-0.39, 0.29) is 18.4 Å². The van der Waals surface area contributed by atoms with Crippen LogP contribution in [0.3, 0.4) is 0 Å². The molecule has 1 aliphatic heterocycles. The lowest BCUT2D eigenvalue weighted by molar-refractivity contribution is 0.249. The summed E-state index contributed by atoms with van der Waals surface area (Å²) in [6, 6.07) is 2.33. The average Bonchev–Trinajstić information content (AvgIpc) is 2.37. The summed E-state index contributed by atoms with van der Waals surface area (Å²) >= 11 is 0. The topological polar surface area (TPSA) is 81.4 Å². The molecule has 0 aliphatic carbocycles. The first-order valence-electron chi connectivity index (χ1n) is 6.51. The summed E-state index contributed by atoms with van der Waals surface area (Å²) in [5.41, 5.74) is 7.08. The maximum absolute atomic E-state index is 14.1. The van der Waals surface area contributed by atoms with Crippen molar-refractivity contribution < 1.29 is 17.5 Å². The SMILES string of the molecule is CCC(N)c1cc(F)c2c(c1)C(NS(C)(=O)=O)CCO2. The Bertz CT molecular complexity index is 604. The largest absolute Gasteiger partial charge is 0.490 e. The van der Waals surface area contributed by atoms with Gasteiger partial charge in [0, 0.05) is 18.0 Å². The Balaban J connectivity index is 2.45. The third-order valence-corrected chi connectivity index (χ3v) is 4.06. The predicted molar refractivity (Wildman–Crippen MR) is 74.5 cm³/mol. The van der Waals surface area contributed by atoms with E-state index in [1.54, 1.807) is 6.07 Å². The lowest BCUT2D eigenvalue weighted by Gasteiger charge is -2.27. The second kappa shape index (κ2) is 5.67. The molecule has 0 aromatic heterocycles. The van der Waals surface area contributed by atoms with Gasteiger partial charge in [-0.05, 0) is 24.1 Å². The molecule has 1 aromatic rings. The summed E-state index contributed by atoms with van der Waals surface area (Å²) < 4.78 is 44.7. The minimum absolute atomic E-state index is 0.115. The van der Waals surface area contributed by atoms with Gasteiger partial charge in [-0.3, -0.25) is 0 Å². The summed E-state index contributed by atoms with van der Waals surface area (Å²) in [5.74, 6) is -0.383. The normalized spacial score (nSPS) is 20.1. The van der Waals surface area contributed by atoms with E-state index in [9.17, 15) is 12.8 Å². The number of benzene rings is 1. The molecule has 0 saturated heterocycles. The molecule has 2 atom stereocenters. The number of ether oxygens (including phenoxy) is 1. The molecule has 2 unspecified atom stereocenters. The molecule has 0 amide bonds. The number of sulfonamides is 1. The highest BCUT2D eigenvalue weighted by atomic mass is 32.2. The molecule has 0 radical (unpaired) electrons. The zero-order valence-corrected chi connectivity index (χ0v) is 12.3. The van der Waals surface area contributed by atoms with Gasteiger partial charge < -0.3 is 10.5 Å². The van der Waals surface area contributed by atoms with Crippen LogP contribution in [0.1, 0.15) is 43.0 Å². The highest BCUT2D eigenvalue weighted by Gasteiger charge is 2.27. The number of fused-ring (bicyclic) bond motifs is 1. The molecule has 2 rings (SSSR count). The molecule has 112 valence electrons. The van der Waals surface area contributed by atoms with Crippen LogP contribution in [0.2, 0.25) is 0 Å². The minimum atomic E-state index is -3.38. The molecule has 0 bridgehead atoms. The second-order valence-corrected chi connectivity index (χ2v) is 6.80. The van der Waals surface area contributed by atoms with Crippen molar-refractivity contribution in [3.8, 4) is 5.75 Å². The number of halogens is 1. The van der Waals surface area contributed by atoms with Crippen LogP contribution in [0.15, 0.2) is 12.1 Å². The first-order chi connectivity index (χ1) is 9.31. The maximum Gasteiger partial charge on any atom is 0.209 e. The predicted octanol–water partition coefficient (Wildman–Crippen LogP) is 1.61. The molecule has 5 nitrogen and oxygen atoms in total. The van der Waals surface area contributed by atoms with E-state index in [0.717, 1.165) is 6.26 Å². The van der Waals surface area contributed by atoms with Crippen molar-refractivity contribution >= 4 is 10.0 Å². The molecule has 7 heteroatoms. The van der Waals surface area contributed by atoms with Crippen LogP contribution in [-0.4, -0.2) is 21.3 Å². The first kappa shape index (κ1) is 15.2. The van der Waals surface area contributed by atoms with Gasteiger partial charge in [-0.1, -0.05) is 6.92 Å². The fourth-order valence-electron chi connectivity index (χ4n) is 2.31. The molecule has 0 saturated carbocycles. The van der Waals surface area contributed by atoms with Crippen LogP contribution in [0.5, 0.6) is 5.75 Å². The fourth-order valence-corrected chi connectivity index (χ4v) is 3.07. The van der Waals surface area contributed by atoms with Crippen LogP contribution < -0.4 is 15.2 Å². The quantitative estimate of drug-likeness (QED) is 0.885. The van der Waals surface area contributed by atoms with Crippen molar-refractivity contribution in [2.24, 2.45) is 5.73 Å². The van der Waals surface area contributed by atoms with Gasteiger partial charge in [0.1, 0.15) is 0 Å². The van der Waals surface area contributed by atoms with E-state index >= 15 is 0 Å². The maximum atomic E-state index is 14.1. The van der Waals surface area contributed by atoms with E-state index < -0.39 is 21.9 Å². The smallest absolute Gasteiger partial charge is 0.209 e. The lowest BCUT2D eigenvalue weighted by Crippen LogP contribution is -2.32. The number of hydrogen-bond donors (Lipinski definition) is 2. The molecule has 1 aliphatic rings. The molecule has 3 N–H and O–H groups in total. The highest BCUT2D eigenvalue weighted by Crippen LogP contribution is 2.36. The summed E-state index contributed by atoms with van der Waals surface area (Å²) in [5, 5.41) is 0. The minimum Gasteiger partial charge on any atom is -0.490 e. The first-order valence-corrected chi connectivity index (χ1v) is 8.40. The van der Waals surface area contributed by atoms with Gasteiger partial charge >= 0.3 is 0 Å². The number of nitrogens with two attached hydrogens (primary N) is 1. The van der Waals surface area contributed by atoms with E-state index in [1.807, 2.05) is 6.92 Å². The molecule has 1 heterocycles. The standard InChI is InChI=1S/C13H19FN2O3S/c1-3-11(15)8-6-9-12(16-20(2,17)18)4-5-19-13(9)10(14)7-8/h6-7,11-12,16H,3-5,15H2,1-2H3.